The van der Waals surface area contributed by atoms with E-state index in [0.29, 0.717) is 19.3 Å². The van der Waals surface area contributed by atoms with Gasteiger partial charge in [-0.15, -0.1) is 0 Å². The number of alkyl carbamates (subject to hydrolysis) is 1. The van der Waals surface area contributed by atoms with Gasteiger partial charge < -0.3 is 24.9 Å². The van der Waals surface area contributed by atoms with Crippen LogP contribution in [0, 0.1) is 0 Å². The molecule has 7 nitrogen and oxygen atoms in total. The van der Waals surface area contributed by atoms with E-state index >= 15 is 0 Å². The van der Waals surface area contributed by atoms with Crippen LogP contribution in [0.1, 0.15) is 33.6 Å². The van der Waals surface area contributed by atoms with E-state index in [1.54, 1.807) is 20.8 Å². The van der Waals surface area contributed by atoms with E-state index in [9.17, 15) is 19.5 Å². The molecule has 2 N–H and O–H groups in total. The van der Waals surface area contributed by atoms with Crippen molar-refractivity contribution in [1.29, 1.82) is 0 Å². The second-order valence-electron chi connectivity index (χ2n) is 5.76. The molecule has 0 aliphatic carbocycles. The molecule has 0 radical (unpaired) electrons. The number of rotatable bonds is 4. The summed E-state index contributed by atoms with van der Waals surface area (Å²) in [7, 11) is 0. The third-order valence-corrected chi connectivity index (χ3v) is 2.91. The highest BCUT2D eigenvalue weighted by Gasteiger charge is 2.34. The summed E-state index contributed by atoms with van der Waals surface area (Å²) in [5, 5.41) is 11.6. The van der Waals surface area contributed by atoms with Gasteiger partial charge in [0.1, 0.15) is 17.9 Å². The molecule has 0 spiro atoms. The zero-order valence-electron chi connectivity index (χ0n) is 12.1. The number of aliphatic hydroxyl groups excluding tert-OH is 1. The van der Waals surface area contributed by atoms with Crippen molar-refractivity contribution in [2.24, 2.45) is 0 Å². The molecule has 7 heteroatoms. The van der Waals surface area contributed by atoms with E-state index in [-0.39, 0.29) is 0 Å². The number of hydrogen-bond acceptors (Lipinski definition) is 5. The minimum atomic E-state index is -1.09. The van der Waals surface area contributed by atoms with Gasteiger partial charge in [-0.05, 0) is 33.6 Å². The Bertz CT molecular complexity index is 377. The van der Waals surface area contributed by atoms with Gasteiger partial charge >= 0.3 is 6.09 Å². The number of amides is 2. The maximum absolute atomic E-state index is 12.2. The van der Waals surface area contributed by atoms with E-state index < -0.39 is 36.3 Å². The van der Waals surface area contributed by atoms with Crippen LogP contribution in [0.5, 0.6) is 0 Å². The average molecular weight is 286 g/mol. The highest BCUT2D eigenvalue weighted by molar-refractivity contribution is 5.88. The normalized spacial score (nSPS) is 20.4. The predicted octanol–water partition coefficient (Wildman–Crippen LogP) is 0.0619. The van der Waals surface area contributed by atoms with Crippen molar-refractivity contribution < 1.29 is 24.2 Å². The third-order valence-electron chi connectivity index (χ3n) is 2.91. The van der Waals surface area contributed by atoms with Crippen molar-refractivity contribution in [3.8, 4) is 0 Å². The summed E-state index contributed by atoms with van der Waals surface area (Å²) in [6.07, 6.45) is 1.29. The summed E-state index contributed by atoms with van der Waals surface area (Å²) in [6, 6.07) is -1.57. The molecule has 1 heterocycles. The number of aliphatic hydroxyl groups is 1. The van der Waals surface area contributed by atoms with Crippen LogP contribution in [0.25, 0.3) is 0 Å². The van der Waals surface area contributed by atoms with Crippen LogP contribution < -0.4 is 5.32 Å². The first-order valence-electron chi connectivity index (χ1n) is 6.64. The fourth-order valence-corrected chi connectivity index (χ4v) is 2.04. The van der Waals surface area contributed by atoms with Gasteiger partial charge in [0, 0.05) is 6.54 Å². The molecule has 1 fully saturated rings. The standard InChI is InChI=1S/C13H22N2O5/c1-13(2,3)20-12(19)14-10(8-17)11(18)15-6-4-5-9(15)7-16/h7,9-10,17H,4-6,8H2,1-3H3,(H,14,19). The molecular weight excluding hydrogens is 264 g/mol. The number of ether oxygens (including phenoxy) is 1. The maximum atomic E-state index is 12.2. The molecular formula is C13H22N2O5. The Kier molecular flexibility index (Phi) is 5.50. The number of carbonyl (C=O) groups is 3. The summed E-state index contributed by atoms with van der Waals surface area (Å²) < 4.78 is 5.03. The molecule has 1 rings (SSSR count). The second kappa shape index (κ2) is 6.69. The molecule has 2 atom stereocenters. The van der Waals surface area contributed by atoms with E-state index in [4.69, 9.17) is 4.74 Å². The minimum absolute atomic E-state index is 0.453. The highest BCUT2D eigenvalue weighted by atomic mass is 16.6. The van der Waals surface area contributed by atoms with Crippen LogP contribution in [0.2, 0.25) is 0 Å². The molecule has 1 aliphatic rings. The minimum Gasteiger partial charge on any atom is -0.444 e. The lowest BCUT2D eigenvalue weighted by Gasteiger charge is -2.27. The summed E-state index contributed by atoms with van der Waals surface area (Å²) in [6.45, 7) is 5.01. The molecule has 20 heavy (non-hydrogen) atoms. The van der Waals surface area contributed by atoms with Gasteiger partial charge in [0.15, 0.2) is 0 Å². The molecule has 1 aliphatic heterocycles. The Balaban J connectivity index is 2.63. The molecule has 2 unspecified atom stereocenters. The first-order valence-corrected chi connectivity index (χ1v) is 6.64. The summed E-state index contributed by atoms with van der Waals surface area (Å²) in [5.74, 6) is -0.465. The molecule has 0 aromatic heterocycles. The summed E-state index contributed by atoms with van der Waals surface area (Å²) in [4.78, 5) is 36.1. The third kappa shape index (κ3) is 4.48. The topological polar surface area (TPSA) is 95.9 Å². The number of nitrogens with one attached hydrogen (secondary N) is 1. The first kappa shape index (κ1) is 16.4. The van der Waals surface area contributed by atoms with Gasteiger partial charge in [-0.1, -0.05) is 0 Å². The van der Waals surface area contributed by atoms with Gasteiger partial charge in [0.2, 0.25) is 5.91 Å². The Hall–Kier alpha value is -1.63. The van der Waals surface area contributed by atoms with Gasteiger partial charge in [0.25, 0.3) is 0 Å². The Labute approximate surface area is 118 Å². The number of likely N-dealkylation sites (tertiary alicyclic amines) is 1. The van der Waals surface area contributed by atoms with Crippen LogP contribution in [-0.2, 0) is 14.3 Å². The maximum Gasteiger partial charge on any atom is 0.408 e. The lowest BCUT2D eigenvalue weighted by molar-refractivity contribution is -0.137. The van der Waals surface area contributed by atoms with Gasteiger partial charge in [0.05, 0.1) is 12.6 Å². The van der Waals surface area contributed by atoms with E-state index in [2.05, 4.69) is 5.32 Å². The summed E-state index contributed by atoms with van der Waals surface area (Å²) >= 11 is 0. The second-order valence-corrected chi connectivity index (χ2v) is 5.76. The van der Waals surface area contributed by atoms with E-state index in [1.165, 1.54) is 4.90 Å². The summed E-state index contributed by atoms with van der Waals surface area (Å²) in [5.41, 5.74) is -0.688. The zero-order chi connectivity index (χ0) is 15.3. The van der Waals surface area contributed by atoms with Crippen molar-refractivity contribution in [2.45, 2.75) is 51.3 Å². The monoisotopic (exact) mass is 286 g/mol. The molecule has 0 aromatic rings. The predicted molar refractivity (Wildman–Crippen MR) is 71.0 cm³/mol. The zero-order valence-corrected chi connectivity index (χ0v) is 12.1. The molecule has 0 bridgehead atoms. The van der Waals surface area contributed by atoms with Crippen molar-refractivity contribution in [1.82, 2.24) is 10.2 Å². The molecule has 0 aromatic carbocycles. The average Bonchev–Trinajstić information content (AvgIpc) is 2.81. The Morgan fingerprint density at radius 2 is 2.15 bits per heavy atom. The number of aldehydes is 1. The first-order chi connectivity index (χ1) is 9.28. The van der Waals surface area contributed by atoms with Gasteiger partial charge in [-0.25, -0.2) is 4.79 Å². The lowest BCUT2D eigenvalue weighted by atomic mass is 10.2. The number of carbonyl (C=O) groups excluding carboxylic acids is 3. The molecule has 1 saturated heterocycles. The van der Waals surface area contributed by atoms with Crippen LogP contribution >= 0.6 is 0 Å². The van der Waals surface area contributed by atoms with Crippen LogP contribution in [0.15, 0.2) is 0 Å². The molecule has 114 valence electrons. The van der Waals surface area contributed by atoms with E-state index in [0.717, 1.165) is 6.42 Å². The van der Waals surface area contributed by atoms with Crippen molar-refractivity contribution >= 4 is 18.3 Å². The van der Waals surface area contributed by atoms with Crippen LogP contribution in [-0.4, -0.2) is 59.1 Å². The van der Waals surface area contributed by atoms with Crippen molar-refractivity contribution in [2.75, 3.05) is 13.2 Å². The SMILES string of the molecule is CC(C)(C)OC(=O)NC(CO)C(=O)N1CCCC1C=O. The highest BCUT2D eigenvalue weighted by Crippen LogP contribution is 2.16. The van der Waals surface area contributed by atoms with Gasteiger partial charge in [-0.3, -0.25) is 4.79 Å². The van der Waals surface area contributed by atoms with Crippen LogP contribution in [0.3, 0.4) is 0 Å². The molecule has 2 amide bonds. The number of hydrogen-bond donors (Lipinski definition) is 2. The van der Waals surface area contributed by atoms with Crippen molar-refractivity contribution in [3.63, 3.8) is 0 Å². The lowest BCUT2D eigenvalue weighted by Crippen LogP contribution is -2.52. The van der Waals surface area contributed by atoms with Gasteiger partial charge in [-0.2, -0.15) is 0 Å². The van der Waals surface area contributed by atoms with Crippen LogP contribution in [0.4, 0.5) is 4.79 Å². The Morgan fingerprint density at radius 3 is 2.65 bits per heavy atom. The largest absolute Gasteiger partial charge is 0.444 e. The Morgan fingerprint density at radius 1 is 1.50 bits per heavy atom. The quantitative estimate of drug-likeness (QED) is 0.713. The van der Waals surface area contributed by atoms with E-state index in [1.807, 2.05) is 0 Å². The number of nitrogens with zero attached hydrogens (tertiary/aromatic N) is 1. The fourth-order valence-electron chi connectivity index (χ4n) is 2.04. The van der Waals surface area contributed by atoms with Crippen molar-refractivity contribution in [3.05, 3.63) is 0 Å². The molecule has 0 saturated carbocycles. The fraction of sp³-hybridized carbons (Fsp3) is 0.769. The smallest absolute Gasteiger partial charge is 0.408 e.